The molecule has 0 aliphatic heterocycles. The Balaban J connectivity index is 1.45. The van der Waals surface area contributed by atoms with Crippen molar-refractivity contribution in [3.63, 3.8) is 0 Å². The Labute approximate surface area is 265 Å². The van der Waals surface area contributed by atoms with Crippen molar-refractivity contribution < 1.29 is 9.53 Å². The van der Waals surface area contributed by atoms with Gasteiger partial charge in [-0.05, 0) is 76.6 Å². The molecule has 0 saturated heterocycles. The molecule has 228 valence electrons. The van der Waals surface area contributed by atoms with Crippen LogP contribution in [-0.4, -0.2) is 22.5 Å². The Morgan fingerprint density at radius 2 is 1.42 bits per heavy atom. The van der Waals surface area contributed by atoms with Crippen LogP contribution in [0.1, 0.15) is 63.0 Å². The third-order valence-corrected chi connectivity index (χ3v) is 8.17. The topological polar surface area (TPSA) is 68.2 Å². The summed E-state index contributed by atoms with van der Waals surface area (Å²) in [4.78, 5) is 17.4. The summed E-state index contributed by atoms with van der Waals surface area (Å²) in [6.07, 6.45) is 1.89. The first kappa shape index (κ1) is 29.9. The summed E-state index contributed by atoms with van der Waals surface area (Å²) in [5, 5.41) is 8.50. The van der Waals surface area contributed by atoms with E-state index in [0.717, 1.165) is 50.3 Å². The van der Waals surface area contributed by atoms with Crippen molar-refractivity contribution in [1.82, 2.24) is 14.9 Å². The number of benzene rings is 4. The van der Waals surface area contributed by atoms with Crippen LogP contribution < -0.4 is 15.4 Å². The molecular formula is C39H40N4O2. The van der Waals surface area contributed by atoms with Gasteiger partial charge in [0.1, 0.15) is 17.3 Å². The van der Waals surface area contributed by atoms with Crippen molar-refractivity contribution in [3.8, 4) is 17.3 Å². The summed E-state index contributed by atoms with van der Waals surface area (Å²) in [6, 6.07) is 32.6. The van der Waals surface area contributed by atoms with Crippen LogP contribution in [0.3, 0.4) is 0 Å². The third kappa shape index (κ3) is 6.01. The molecule has 0 bridgehead atoms. The lowest BCUT2D eigenvalue weighted by atomic mass is 9.86. The van der Waals surface area contributed by atoms with Crippen molar-refractivity contribution in [3.05, 3.63) is 120 Å². The number of carbonyl (C=O) groups is 1. The number of aromatic nitrogens is 2. The summed E-state index contributed by atoms with van der Waals surface area (Å²) in [5.74, 6) is 2.16. The molecular weight excluding hydrogens is 556 g/mol. The fourth-order valence-corrected chi connectivity index (χ4v) is 5.65. The van der Waals surface area contributed by atoms with E-state index in [1.54, 1.807) is 7.05 Å². The van der Waals surface area contributed by atoms with E-state index in [0.29, 0.717) is 11.3 Å². The van der Waals surface area contributed by atoms with E-state index in [-0.39, 0.29) is 16.7 Å². The summed E-state index contributed by atoms with van der Waals surface area (Å²) >= 11 is 0. The highest BCUT2D eigenvalue weighted by Crippen LogP contribution is 2.38. The van der Waals surface area contributed by atoms with Gasteiger partial charge in [0.2, 0.25) is 0 Å². The maximum atomic E-state index is 12.5. The first-order chi connectivity index (χ1) is 21.4. The fraction of sp³-hybridized carbons (Fsp3) is 0.231. The predicted molar refractivity (Wildman–Crippen MR) is 186 cm³/mol. The van der Waals surface area contributed by atoms with Crippen molar-refractivity contribution in [2.45, 2.75) is 52.4 Å². The Morgan fingerprint density at radius 1 is 0.711 bits per heavy atom. The zero-order chi connectivity index (χ0) is 31.9. The summed E-state index contributed by atoms with van der Waals surface area (Å²) in [7, 11) is 1.64. The number of nitrogens with one attached hydrogen (secondary N) is 2. The molecule has 2 heterocycles. The van der Waals surface area contributed by atoms with Gasteiger partial charge < -0.3 is 15.4 Å². The number of fused-ring (bicyclic) bond motifs is 3. The summed E-state index contributed by atoms with van der Waals surface area (Å²) in [6.45, 7) is 13.2. The number of para-hydroxylation sites is 2. The van der Waals surface area contributed by atoms with E-state index >= 15 is 0 Å². The predicted octanol–water partition coefficient (Wildman–Crippen LogP) is 9.67. The third-order valence-electron chi connectivity index (χ3n) is 8.17. The van der Waals surface area contributed by atoms with Crippen LogP contribution in [0.5, 0.6) is 11.5 Å². The quantitative estimate of drug-likeness (QED) is 0.201. The van der Waals surface area contributed by atoms with Crippen LogP contribution in [0.15, 0.2) is 103 Å². The molecule has 4 aromatic carbocycles. The number of amides is 1. The van der Waals surface area contributed by atoms with Gasteiger partial charge >= 0.3 is 0 Å². The lowest BCUT2D eigenvalue weighted by Gasteiger charge is -2.22. The maximum absolute atomic E-state index is 12.5. The number of anilines is 2. The van der Waals surface area contributed by atoms with Crippen molar-refractivity contribution >= 4 is 39.1 Å². The molecule has 6 heteroatoms. The van der Waals surface area contributed by atoms with Gasteiger partial charge in [-0.25, -0.2) is 4.98 Å². The van der Waals surface area contributed by atoms with Gasteiger partial charge in [0.05, 0.1) is 22.3 Å². The van der Waals surface area contributed by atoms with Crippen LogP contribution in [0.25, 0.3) is 27.6 Å². The molecule has 0 aliphatic rings. The lowest BCUT2D eigenvalue weighted by molar-refractivity contribution is 0.0964. The zero-order valence-electron chi connectivity index (χ0n) is 27.0. The molecule has 2 aromatic heterocycles. The highest BCUT2D eigenvalue weighted by molar-refractivity contribution is 6.09. The Hall–Kier alpha value is -5.10. The van der Waals surface area contributed by atoms with Gasteiger partial charge in [0, 0.05) is 41.8 Å². The summed E-state index contributed by atoms with van der Waals surface area (Å²) in [5.41, 5.74) is 6.46. The second-order valence-corrected chi connectivity index (χ2v) is 13.5. The van der Waals surface area contributed by atoms with Gasteiger partial charge in [-0.1, -0.05) is 71.9 Å². The van der Waals surface area contributed by atoms with Gasteiger partial charge in [-0.3, -0.25) is 9.36 Å². The number of hydrogen-bond donors (Lipinski definition) is 2. The molecule has 0 saturated carbocycles. The van der Waals surface area contributed by atoms with E-state index < -0.39 is 0 Å². The van der Waals surface area contributed by atoms with E-state index in [1.807, 2.05) is 42.6 Å². The van der Waals surface area contributed by atoms with Crippen LogP contribution in [0.4, 0.5) is 11.4 Å². The smallest absolute Gasteiger partial charge is 0.253 e. The average Bonchev–Trinajstić information content (AvgIpc) is 3.33. The minimum Gasteiger partial charge on any atom is -0.457 e. The van der Waals surface area contributed by atoms with E-state index in [2.05, 4.69) is 117 Å². The molecule has 0 fully saturated rings. The number of rotatable bonds is 6. The van der Waals surface area contributed by atoms with Crippen LogP contribution >= 0.6 is 0 Å². The minimum atomic E-state index is -0.146. The average molecular weight is 597 g/mol. The number of hydrogen-bond acceptors (Lipinski definition) is 4. The highest BCUT2D eigenvalue weighted by atomic mass is 16.5. The molecule has 0 unspecified atom stereocenters. The molecule has 0 atom stereocenters. The van der Waals surface area contributed by atoms with Gasteiger partial charge in [-0.15, -0.1) is 0 Å². The molecule has 6 rings (SSSR count). The van der Waals surface area contributed by atoms with Crippen molar-refractivity contribution in [1.29, 1.82) is 0 Å². The van der Waals surface area contributed by atoms with Gasteiger partial charge in [0.15, 0.2) is 0 Å². The van der Waals surface area contributed by atoms with E-state index in [9.17, 15) is 4.79 Å². The Kier molecular flexibility index (Phi) is 7.61. The monoisotopic (exact) mass is 596 g/mol. The largest absolute Gasteiger partial charge is 0.457 e. The maximum Gasteiger partial charge on any atom is 0.253 e. The van der Waals surface area contributed by atoms with E-state index in [4.69, 9.17) is 9.72 Å². The summed E-state index contributed by atoms with van der Waals surface area (Å²) < 4.78 is 8.83. The fourth-order valence-electron chi connectivity index (χ4n) is 5.65. The standard InChI is InChI=1S/C39H40N4O2/c1-38(2,3)25-18-19-41-36(22-25)43-34-15-11-9-12-30(34)31-17-16-28(24-35(31)43)45-29-21-26(39(4,5)6)20-27(23-29)42-33-14-10-8-13-32(33)37(44)40-7/h8-24,42H,1-7H3,(H,40,44). The van der Waals surface area contributed by atoms with Crippen molar-refractivity contribution in [2.75, 3.05) is 12.4 Å². The number of nitrogens with zero attached hydrogens (tertiary/aromatic N) is 2. The number of carbonyl (C=O) groups excluding carboxylic acids is 1. The molecule has 0 spiro atoms. The molecule has 1 amide bonds. The van der Waals surface area contributed by atoms with Gasteiger partial charge in [0.25, 0.3) is 5.91 Å². The van der Waals surface area contributed by atoms with Crippen LogP contribution in [-0.2, 0) is 10.8 Å². The number of pyridine rings is 1. The first-order valence-electron chi connectivity index (χ1n) is 15.3. The molecule has 2 N–H and O–H groups in total. The zero-order valence-corrected chi connectivity index (χ0v) is 27.0. The normalized spacial score (nSPS) is 12.0. The first-order valence-corrected chi connectivity index (χ1v) is 15.3. The van der Waals surface area contributed by atoms with Crippen molar-refractivity contribution in [2.24, 2.45) is 0 Å². The molecule has 6 nitrogen and oxygen atoms in total. The van der Waals surface area contributed by atoms with Gasteiger partial charge in [-0.2, -0.15) is 0 Å². The minimum absolute atomic E-state index is 0.00457. The SMILES string of the molecule is CNC(=O)c1ccccc1Nc1cc(Oc2ccc3c4ccccc4n(-c4cc(C(C)(C)C)ccn4)c3c2)cc(C(C)(C)C)c1. The van der Waals surface area contributed by atoms with E-state index in [1.165, 1.54) is 5.56 Å². The molecule has 6 aromatic rings. The second-order valence-electron chi connectivity index (χ2n) is 13.5. The Morgan fingerprint density at radius 3 is 2.18 bits per heavy atom. The lowest BCUT2D eigenvalue weighted by Crippen LogP contribution is -2.19. The second kappa shape index (κ2) is 11.4. The Bertz CT molecular complexity index is 2040. The number of ether oxygens (including phenoxy) is 1. The molecule has 0 aliphatic carbocycles. The highest BCUT2D eigenvalue weighted by Gasteiger charge is 2.20. The molecule has 0 radical (unpaired) electrons. The van der Waals surface area contributed by atoms with Crippen LogP contribution in [0.2, 0.25) is 0 Å². The van der Waals surface area contributed by atoms with Crippen LogP contribution in [0, 0.1) is 0 Å². The molecule has 45 heavy (non-hydrogen) atoms.